The highest BCUT2D eigenvalue weighted by Gasteiger charge is 2.02. The highest BCUT2D eigenvalue weighted by molar-refractivity contribution is 7.99. The average Bonchev–Trinajstić information content (AvgIpc) is 2.39. The Morgan fingerprint density at radius 1 is 1.00 bits per heavy atom. The van der Waals surface area contributed by atoms with Crippen LogP contribution < -0.4 is 0 Å². The lowest BCUT2D eigenvalue weighted by atomic mass is 10.2. The van der Waals surface area contributed by atoms with Gasteiger partial charge in [0.15, 0.2) is 0 Å². The van der Waals surface area contributed by atoms with Crippen LogP contribution in [0.15, 0.2) is 70.6 Å². The zero-order valence-corrected chi connectivity index (χ0v) is 10.3. The summed E-state index contributed by atoms with van der Waals surface area (Å²) in [6.07, 6.45) is 2.48. The van der Waals surface area contributed by atoms with Gasteiger partial charge in [-0.15, -0.1) is 0 Å². The summed E-state index contributed by atoms with van der Waals surface area (Å²) in [4.78, 5) is 12.0. The van der Waals surface area contributed by atoms with Crippen LogP contribution in [-0.4, -0.2) is 4.92 Å². The summed E-state index contributed by atoms with van der Waals surface area (Å²) < 4.78 is 0. The van der Waals surface area contributed by atoms with Gasteiger partial charge >= 0.3 is 0 Å². The second-order valence-corrected chi connectivity index (χ2v) is 4.67. The lowest BCUT2D eigenvalue weighted by molar-refractivity contribution is -0.400. The molecule has 0 bridgehead atoms. The number of nitrogens with zero attached hydrogens (tertiary/aromatic N) is 1. The maximum atomic E-state index is 10.4. The third-order valence-corrected chi connectivity index (χ3v) is 3.37. The van der Waals surface area contributed by atoms with Crippen molar-refractivity contribution in [3.8, 4) is 0 Å². The second kappa shape index (κ2) is 6.02. The standard InChI is InChI=1S/C14H11NO2S/c16-15(17)11-10-12-6-4-5-9-14(12)18-13-7-2-1-3-8-13/h1-11H. The predicted octanol–water partition coefficient (Wildman–Crippen LogP) is 4.09. The molecule has 0 amide bonds. The van der Waals surface area contributed by atoms with E-state index in [1.54, 1.807) is 11.8 Å². The highest BCUT2D eigenvalue weighted by Crippen LogP contribution is 2.30. The van der Waals surface area contributed by atoms with Gasteiger partial charge < -0.3 is 0 Å². The minimum atomic E-state index is -0.454. The molecule has 0 fully saturated rings. The molecule has 0 N–H and O–H groups in total. The molecular formula is C14H11NO2S. The molecule has 0 aliphatic heterocycles. The minimum Gasteiger partial charge on any atom is -0.259 e. The zero-order valence-electron chi connectivity index (χ0n) is 9.52. The van der Waals surface area contributed by atoms with Gasteiger partial charge in [0.2, 0.25) is 6.20 Å². The molecule has 4 heteroatoms. The molecule has 0 aliphatic rings. The Morgan fingerprint density at radius 2 is 1.67 bits per heavy atom. The van der Waals surface area contributed by atoms with Gasteiger partial charge in [-0.2, -0.15) is 0 Å². The second-order valence-electron chi connectivity index (χ2n) is 3.55. The molecule has 0 heterocycles. The smallest absolute Gasteiger partial charge is 0.235 e. The number of nitro groups is 1. The summed E-state index contributed by atoms with van der Waals surface area (Å²) in [7, 11) is 0. The van der Waals surface area contributed by atoms with E-state index in [9.17, 15) is 10.1 Å². The molecule has 0 spiro atoms. The number of hydrogen-bond donors (Lipinski definition) is 0. The van der Waals surface area contributed by atoms with Crippen molar-refractivity contribution in [1.29, 1.82) is 0 Å². The fourth-order valence-corrected chi connectivity index (χ4v) is 2.42. The summed E-state index contributed by atoms with van der Waals surface area (Å²) in [5, 5.41) is 10.4. The maximum absolute atomic E-state index is 10.4. The molecule has 18 heavy (non-hydrogen) atoms. The first-order valence-electron chi connectivity index (χ1n) is 5.39. The third-order valence-electron chi connectivity index (χ3n) is 2.27. The monoisotopic (exact) mass is 257 g/mol. The fraction of sp³-hybridized carbons (Fsp3) is 0. The fourth-order valence-electron chi connectivity index (χ4n) is 1.47. The van der Waals surface area contributed by atoms with Gasteiger partial charge in [0, 0.05) is 15.9 Å². The third kappa shape index (κ3) is 3.46. The SMILES string of the molecule is O=[N+]([O-])C=Cc1ccccc1Sc1ccccc1. The first-order valence-corrected chi connectivity index (χ1v) is 6.21. The predicted molar refractivity (Wildman–Crippen MR) is 73.0 cm³/mol. The Hall–Kier alpha value is -2.07. The number of benzene rings is 2. The Balaban J connectivity index is 2.25. The normalized spacial score (nSPS) is 10.7. The van der Waals surface area contributed by atoms with Crippen molar-refractivity contribution in [2.75, 3.05) is 0 Å². The van der Waals surface area contributed by atoms with Crippen LogP contribution in [0.5, 0.6) is 0 Å². The number of hydrogen-bond acceptors (Lipinski definition) is 3. The highest BCUT2D eigenvalue weighted by atomic mass is 32.2. The summed E-state index contributed by atoms with van der Waals surface area (Å²) >= 11 is 1.59. The van der Waals surface area contributed by atoms with Gasteiger partial charge in [-0.1, -0.05) is 48.2 Å². The molecule has 0 unspecified atom stereocenters. The summed E-state index contributed by atoms with van der Waals surface area (Å²) in [6.45, 7) is 0. The molecule has 2 rings (SSSR count). The molecule has 0 saturated carbocycles. The molecule has 2 aromatic rings. The maximum Gasteiger partial charge on any atom is 0.235 e. The van der Waals surface area contributed by atoms with Crippen LogP contribution in [0.1, 0.15) is 5.56 Å². The summed E-state index contributed by atoms with van der Waals surface area (Å²) in [6, 6.07) is 17.5. The quantitative estimate of drug-likeness (QED) is 0.612. The van der Waals surface area contributed by atoms with Crippen molar-refractivity contribution in [3.05, 3.63) is 76.5 Å². The summed E-state index contributed by atoms with van der Waals surface area (Å²) in [5.74, 6) is 0. The van der Waals surface area contributed by atoms with E-state index in [4.69, 9.17) is 0 Å². The molecular weight excluding hydrogens is 246 g/mol. The van der Waals surface area contributed by atoms with E-state index in [0.29, 0.717) is 0 Å². The van der Waals surface area contributed by atoms with Gasteiger partial charge in [-0.25, -0.2) is 0 Å². The van der Waals surface area contributed by atoms with Crippen LogP contribution in [-0.2, 0) is 0 Å². The average molecular weight is 257 g/mol. The Labute approximate surface area is 109 Å². The molecule has 90 valence electrons. The Bertz CT molecular complexity index is 567. The molecule has 3 nitrogen and oxygen atoms in total. The van der Waals surface area contributed by atoms with Crippen molar-refractivity contribution in [1.82, 2.24) is 0 Å². The van der Waals surface area contributed by atoms with E-state index in [0.717, 1.165) is 21.6 Å². The molecule has 0 saturated heterocycles. The van der Waals surface area contributed by atoms with Crippen molar-refractivity contribution >= 4 is 17.8 Å². The van der Waals surface area contributed by atoms with Crippen molar-refractivity contribution in [2.45, 2.75) is 9.79 Å². The minimum absolute atomic E-state index is 0.454. The van der Waals surface area contributed by atoms with Crippen LogP contribution in [0.25, 0.3) is 6.08 Å². The molecule has 0 atom stereocenters. The van der Waals surface area contributed by atoms with E-state index in [2.05, 4.69) is 0 Å². The largest absolute Gasteiger partial charge is 0.259 e. The van der Waals surface area contributed by atoms with Gasteiger partial charge in [-0.05, 0) is 23.8 Å². The Kier molecular flexibility index (Phi) is 4.15. The first-order chi connectivity index (χ1) is 8.75. The van der Waals surface area contributed by atoms with E-state index in [1.807, 2.05) is 54.6 Å². The first kappa shape index (κ1) is 12.4. The lowest BCUT2D eigenvalue weighted by Gasteiger charge is -2.04. The van der Waals surface area contributed by atoms with Crippen molar-refractivity contribution in [3.63, 3.8) is 0 Å². The van der Waals surface area contributed by atoms with Crippen LogP contribution in [0, 0.1) is 10.1 Å². The summed E-state index contributed by atoms with van der Waals surface area (Å²) in [5.41, 5.74) is 0.850. The van der Waals surface area contributed by atoms with Crippen molar-refractivity contribution < 1.29 is 4.92 Å². The molecule has 2 aromatic carbocycles. The van der Waals surface area contributed by atoms with E-state index < -0.39 is 4.92 Å². The zero-order chi connectivity index (χ0) is 12.8. The van der Waals surface area contributed by atoms with E-state index in [-0.39, 0.29) is 0 Å². The van der Waals surface area contributed by atoms with Crippen LogP contribution >= 0.6 is 11.8 Å². The van der Waals surface area contributed by atoms with E-state index >= 15 is 0 Å². The molecule has 0 radical (unpaired) electrons. The lowest BCUT2D eigenvalue weighted by Crippen LogP contribution is -1.84. The van der Waals surface area contributed by atoms with Gasteiger partial charge in [0.25, 0.3) is 0 Å². The Morgan fingerprint density at radius 3 is 2.39 bits per heavy atom. The van der Waals surface area contributed by atoms with Crippen LogP contribution in [0.3, 0.4) is 0 Å². The van der Waals surface area contributed by atoms with Crippen LogP contribution in [0.2, 0.25) is 0 Å². The molecule has 0 aromatic heterocycles. The van der Waals surface area contributed by atoms with Crippen molar-refractivity contribution in [2.24, 2.45) is 0 Å². The van der Waals surface area contributed by atoms with Crippen LogP contribution in [0.4, 0.5) is 0 Å². The topological polar surface area (TPSA) is 43.1 Å². The van der Waals surface area contributed by atoms with Gasteiger partial charge in [0.05, 0.1) is 4.92 Å². The molecule has 0 aliphatic carbocycles. The van der Waals surface area contributed by atoms with Gasteiger partial charge in [0.1, 0.15) is 0 Å². The van der Waals surface area contributed by atoms with Gasteiger partial charge in [-0.3, -0.25) is 10.1 Å². The van der Waals surface area contributed by atoms with E-state index in [1.165, 1.54) is 6.08 Å². The number of rotatable bonds is 4.